The quantitative estimate of drug-likeness (QED) is 0.816. The zero-order valence-electron chi connectivity index (χ0n) is 16.2. The molecule has 2 fully saturated rings. The predicted octanol–water partition coefficient (Wildman–Crippen LogP) is 3.85. The van der Waals surface area contributed by atoms with Crippen molar-refractivity contribution in [3.05, 3.63) is 23.0 Å². The van der Waals surface area contributed by atoms with Crippen molar-refractivity contribution in [1.82, 2.24) is 19.2 Å². The Hall–Kier alpha value is -1.40. The first-order valence-electron chi connectivity index (χ1n) is 9.97. The fourth-order valence-corrected chi connectivity index (χ4v) is 6.08. The number of nitrogens with zero attached hydrogens (tertiary/aromatic N) is 4. The Labute approximate surface area is 160 Å². The largest absolute Gasteiger partial charge is 0.339 e. The molecule has 3 heterocycles. The molecule has 2 aromatic rings. The Morgan fingerprint density at radius 2 is 2.15 bits per heavy atom. The van der Waals surface area contributed by atoms with Gasteiger partial charge in [0.15, 0.2) is 4.96 Å². The summed E-state index contributed by atoms with van der Waals surface area (Å²) in [5.41, 5.74) is 2.72. The number of likely N-dealkylation sites (tertiary alicyclic amines) is 1. The molecule has 0 N–H and O–H groups in total. The molecule has 0 radical (unpaired) electrons. The van der Waals surface area contributed by atoms with Crippen LogP contribution >= 0.6 is 11.3 Å². The molecule has 1 spiro atoms. The van der Waals surface area contributed by atoms with E-state index in [0.717, 1.165) is 36.7 Å². The molecule has 1 saturated heterocycles. The standard InChI is InChI=1S/C20H30N4OS/c1-4-23(16(3)25)17-12-20(8-6-5-7-9-20)22(13-17)14-18-15(2)21-19-24(18)10-11-26-19/h10-11,17H,4-9,12-14H2,1-3H3/t17-/m0/s1. The van der Waals surface area contributed by atoms with Crippen LogP contribution in [0, 0.1) is 6.92 Å². The van der Waals surface area contributed by atoms with E-state index >= 15 is 0 Å². The van der Waals surface area contributed by atoms with Crippen LogP contribution in [0.5, 0.6) is 0 Å². The number of hydrogen-bond acceptors (Lipinski definition) is 4. The highest BCUT2D eigenvalue weighted by Gasteiger charge is 2.47. The van der Waals surface area contributed by atoms with E-state index in [1.165, 1.54) is 37.8 Å². The number of rotatable bonds is 4. The van der Waals surface area contributed by atoms with Crippen LogP contribution < -0.4 is 0 Å². The van der Waals surface area contributed by atoms with E-state index in [0.29, 0.717) is 6.04 Å². The van der Waals surface area contributed by atoms with Gasteiger partial charge in [0.05, 0.1) is 11.4 Å². The number of carbonyl (C=O) groups is 1. The number of thiazole rings is 1. The Balaban J connectivity index is 1.64. The molecule has 1 aliphatic heterocycles. The summed E-state index contributed by atoms with van der Waals surface area (Å²) in [5, 5.41) is 2.11. The zero-order chi connectivity index (χ0) is 18.3. The molecule has 1 amide bonds. The molecule has 26 heavy (non-hydrogen) atoms. The van der Waals surface area contributed by atoms with Crippen molar-refractivity contribution in [1.29, 1.82) is 0 Å². The van der Waals surface area contributed by atoms with Crippen molar-refractivity contribution in [3.8, 4) is 0 Å². The van der Waals surface area contributed by atoms with Crippen LogP contribution in [0.4, 0.5) is 0 Å². The summed E-state index contributed by atoms with van der Waals surface area (Å²) in [4.78, 5) is 22.7. The van der Waals surface area contributed by atoms with Crippen LogP contribution in [0.1, 0.15) is 63.8 Å². The molecule has 1 atom stereocenters. The van der Waals surface area contributed by atoms with Crippen molar-refractivity contribution < 1.29 is 4.79 Å². The number of imidazole rings is 1. The lowest BCUT2D eigenvalue weighted by atomic mass is 9.79. The van der Waals surface area contributed by atoms with Gasteiger partial charge in [0.25, 0.3) is 0 Å². The zero-order valence-corrected chi connectivity index (χ0v) is 17.0. The van der Waals surface area contributed by atoms with Crippen molar-refractivity contribution in [2.24, 2.45) is 0 Å². The smallest absolute Gasteiger partial charge is 0.219 e. The third-order valence-corrected chi connectivity index (χ3v) is 7.35. The first-order chi connectivity index (χ1) is 12.5. The summed E-state index contributed by atoms with van der Waals surface area (Å²) in [7, 11) is 0. The molecule has 4 rings (SSSR count). The van der Waals surface area contributed by atoms with E-state index in [4.69, 9.17) is 4.98 Å². The molecule has 6 heteroatoms. The average molecular weight is 375 g/mol. The van der Waals surface area contributed by atoms with Crippen molar-refractivity contribution in [3.63, 3.8) is 0 Å². The SMILES string of the molecule is CCN(C(C)=O)[C@@H]1CN(Cc2c(C)nc3sccn23)C2(CCCCC2)C1. The number of aryl methyl sites for hydroxylation is 1. The number of amides is 1. The number of carbonyl (C=O) groups excluding carboxylic acids is 1. The molecule has 5 nitrogen and oxygen atoms in total. The number of likely N-dealkylation sites (N-methyl/N-ethyl adjacent to an activating group) is 1. The number of fused-ring (bicyclic) bond motifs is 1. The van der Waals surface area contributed by atoms with Crippen LogP contribution in [-0.2, 0) is 11.3 Å². The number of aromatic nitrogens is 2. The third kappa shape index (κ3) is 2.97. The maximum atomic E-state index is 12.1. The Morgan fingerprint density at radius 1 is 1.38 bits per heavy atom. The van der Waals surface area contributed by atoms with Gasteiger partial charge in [-0.2, -0.15) is 0 Å². The first kappa shape index (κ1) is 18.0. The first-order valence-corrected chi connectivity index (χ1v) is 10.9. The van der Waals surface area contributed by atoms with Gasteiger partial charge in [-0.1, -0.05) is 19.3 Å². The van der Waals surface area contributed by atoms with E-state index in [1.807, 2.05) is 0 Å². The fourth-order valence-electron chi connectivity index (χ4n) is 5.30. The molecule has 0 bridgehead atoms. The maximum Gasteiger partial charge on any atom is 0.219 e. The second-order valence-corrected chi connectivity index (χ2v) is 8.90. The highest BCUT2D eigenvalue weighted by Crippen LogP contribution is 2.44. The van der Waals surface area contributed by atoms with Crippen LogP contribution in [0.25, 0.3) is 4.96 Å². The summed E-state index contributed by atoms with van der Waals surface area (Å²) < 4.78 is 2.26. The molecule has 142 valence electrons. The lowest BCUT2D eigenvalue weighted by Crippen LogP contribution is -2.45. The maximum absolute atomic E-state index is 12.1. The second-order valence-electron chi connectivity index (χ2n) is 8.03. The van der Waals surface area contributed by atoms with E-state index in [9.17, 15) is 4.79 Å². The predicted molar refractivity (Wildman–Crippen MR) is 105 cm³/mol. The highest BCUT2D eigenvalue weighted by atomic mass is 32.1. The van der Waals surface area contributed by atoms with Gasteiger partial charge in [0.2, 0.25) is 5.91 Å². The lowest BCUT2D eigenvalue weighted by Gasteiger charge is -2.41. The van der Waals surface area contributed by atoms with Gasteiger partial charge in [0, 0.05) is 49.7 Å². The average Bonchev–Trinajstić information content (AvgIpc) is 3.26. The molecular weight excluding hydrogens is 344 g/mol. The Morgan fingerprint density at radius 3 is 2.85 bits per heavy atom. The summed E-state index contributed by atoms with van der Waals surface area (Å²) in [6.07, 6.45) is 9.79. The van der Waals surface area contributed by atoms with Crippen molar-refractivity contribution in [2.75, 3.05) is 13.1 Å². The molecule has 0 aromatic carbocycles. The van der Waals surface area contributed by atoms with E-state index in [-0.39, 0.29) is 11.4 Å². The van der Waals surface area contributed by atoms with Crippen LogP contribution in [-0.4, -0.2) is 49.8 Å². The summed E-state index contributed by atoms with van der Waals surface area (Å²) in [6, 6.07) is 0.349. The molecular formula is C20H30N4OS. The Kier molecular flexibility index (Phi) is 4.82. The topological polar surface area (TPSA) is 40.9 Å². The highest BCUT2D eigenvalue weighted by molar-refractivity contribution is 7.15. The van der Waals surface area contributed by atoms with Gasteiger partial charge in [-0.3, -0.25) is 14.1 Å². The van der Waals surface area contributed by atoms with E-state index < -0.39 is 0 Å². The number of hydrogen-bond donors (Lipinski definition) is 0. The summed E-state index contributed by atoms with van der Waals surface area (Å²) >= 11 is 1.70. The van der Waals surface area contributed by atoms with Gasteiger partial charge in [-0.25, -0.2) is 4.98 Å². The van der Waals surface area contributed by atoms with Gasteiger partial charge < -0.3 is 4.90 Å². The minimum atomic E-state index is 0.214. The minimum Gasteiger partial charge on any atom is -0.339 e. The molecule has 1 aliphatic carbocycles. The van der Waals surface area contributed by atoms with Crippen molar-refractivity contribution in [2.45, 2.75) is 77.4 Å². The van der Waals surface area contributed by atoms with Crippen LogP contribution in [0.15, 0.2) is 11.6 Å². The molecule has 2 aliphatic rings. The lowest BCUT2D eigenvalue weighted by molar-refractivity contribution is -0.130. The third-order valence-electron chi connectivity index (χ3n) is 6.59. The van der Waals surface area contributed by atoms with Gasteiger partial charge in [-0.15, -0.1) is 11.3 Å². The Bertz CT molecular complexity index is 789. The normalized spacial score (nSPS) is 23.1. The molecule has 2 aromatic heterocycles. The van der Waals surface area contributed by atoms with Crippen LogP contribution in [0.3, 0.4) is 0 Å². The van der Waals surface area contributed by atoms with Crippen molar-refractivity contribution >= 4 is 22.2 Å². The molecule has 1 saturated carbocycles. The summed E-state index contributed by atoms with van der Waals surface area (Å²) in [6.45, 7) is 8.69. The fraction of sp³-hybridized carbons (Fsp3) is 0.700. The summed E-state index contributed by atoms with van der Waals surface area (Å²) in [5.74, 6) is 0.214. The van der Waals surface area contributed by atoms with Gasteiger partial charge >= 0.3 is 0 Å². The molecule has 0 unspecified atom stereocenters. The second kappa shape index (κ2) is 6.97. The minimum absolute atomic E-state index is 0.214. The van der Waals surface area contributed by atoms with Gasteiger partial charge in [0.1, 0.15) is 0 Å². The van der Waals surface area contributed by atoms with E-state index in [2.05, 4.69) is 39.6 Å². The van der Waals surface area contributed by atoms with Crippen LogP contribution in [0.2, 0.25) is 0 Å². The van der Waals surface area contributed by atoms with Gasteiger partial charge in [-0.05, 0) is 33.1 Å². The van der Waals surface area contributed by atoms with E-state index in [1.54, 1.807) is 18.3 Å². The monoisotopic (exact) mass is 374 g/mol.